The highest BCUT2D eigenvalue weighted by molar-refractivity contribution is 7.92. The van der Waals surface area contributed by atoms with Gasteiger partial charge in [0.2, 0.25) is 0 Å². The summed E-state index contributed by atoms with van der Waals surface area (Å²) in [7, 11) is 0.306. The molecule has 0 aliphatic heterocycles. The Morgan fingerprint density at radius 2 is 1.68 bits per heavy atom. The summed E-state index contributed by atoms with van der Waals surface area (Å²) in [5, 5.41) is 11.1. The molecule has 9 heteroatoms. The van der Waals surface area contributed by atoms with Crippen LogP contribution in [-0.4, -0.2) is 34.6 Å². The first-order valence-electron chi connectivity index (χ1n) is 7.18. The van der Waals surface area contributed by atoms with E-state index in [0.29, 0.717) is 22.7 Å². The summed E-state index contributed by atoms with van der Waals surface area (Å²) in [5.41, 5.74) is 0.473. The van der Waals surface area contributed by atoms with Crippen LogP contribution in [0.5, 0.6) is 11.5 Å². The van der Waals surface area contributed by atoms with Crippen molar-refractivity contribution in [2.75, 3.05) is 25.6 Å². The molecule has 8 nitrogen and oxygen atoms in total. The van der Waals surface area contributed by atoms with E-state index < -0.39 is 14.9 Å². The third kappa shape index (κ3) is 3.50. The number of hydrogen-bond donors (Lipinski definition) is 0. The van der Waals surface area contributed by atoms with Crippen LogP contribution in [0, 0.1) is 17.0 Å². The molecule has 0 atom stereocenters. The van der Waals surface area contributed by atoms with Gasteiger partial charge in [-0.3, -0.25) is 14.4 Å². The van der Waals surface area contributed by atoms with Crippen molar-refractivity contribution in [3.63, 3.8) is 0 Å². The van der Waals surface area contributed by atoms with Crippen LogP contribution in [0.15, 0.2) is 41.3 Å². The summed E-state index contributed by atoms with van der Waals surface area (Å²) in [5.74, 6) is 0.833. The maximum absolute atomic E-state index is 12.8. The highest BCUT2D eigenvalue weighted by atomic mass is 32.2. The van der Waals surface area contributed by atoms with Crippen LogP contribution in [0.25, 0.3) is 0 Å². The summed E-state index contributed by atoms with van der Waals surface area (Å²) in [4.78, 5) is 10.3. The molecule has 2 aromatic rings. The zero-order chi connectivity index (χ0) is 18.8. The second-order valence-corrected chi connectivity index (χ2v) is 7.19. The molecule has 0 spiro atoms. The molecule has 0 aliphatic carbocycles. The van der Waals surface area contributed by atoms with Crippen LogP contribution in [0.1, 0.15) is 5.56 Å². The van der Waals surface area contributed by atoms with E-state index in [1.54, 1.807) is 19.1 Å². The number of nitro groups is 1. The Balaban J connectivity index is 2.49. The van der Waals surface area contributed by atoms with Gasteiger partial charge in [0.1, 0.15) is 0 Å². The average molecular weight is 366 g/mol. The normalized spacial score (nSPS) is 11.0. The van der Waals surface area contributed by atoms with Gasteiger partial charge in [-0.25, -0.2) is 8.42 Å². The van der Waals surface area contributed by atoms with E-state index in [1.807, 2.05) is 0 Å². The lowest BCUT2D eigenvalue weighted by molar-refractivity contribution is -0.385. The van der Waals surface area contributed by atoms with Gasteiger partial charge in [0.15, 0.2) is 11.5 Å². The molecule has 0 amide bonds. The Morgan fingerprint density at radius 3 is 2.24 bits per heavy atom. The van der Waals surface area contributed by atoms with Crippen molar-refractivity contribution in [3.8, 4) is 11.5 Å². The molecule has 0 aliphatic rings. The molecule has 0 bridgehead atoms. The monoisotopic (exact) mass is 366 g/mol. The van der Waals surface area contributed by atoms with Crippen LogP contribution in [0.3, 0.4) is 0 Å². The number of aryl methyl sites for hydroxylation is 1. The molecular formula is C16H18N2O6S. The largest absolute Gasteiger partial charge is 0.493 e. The SMILES string of the molecule is COc1ccc(N(C)S(=O)(=O)c2ccc(C)c([N+](=O)[O-])c2)cc1OC. The molecule has 0 heterocycles. The van der Waals surface area contributed by atoms with Crippen LogP contribution in [-0.2, 0) is 10.0 Å². The van der Waals surface area contributed by atoms with Gasteiger partial charge in [0.25, 0.3) is 15.7 Å². The van der Waals surface area contributed by atoms with Gasteiger partial charge in [-0.15, -0.1) is 0 Å². The number of hydrogen-bond acceptors (Lipinski definition) is 6. The lowest BCUT2D eigenvalue weighted by Gasteiger charge is -2.21. The maximum atomic E-state index is 12.8. The average Bonchev–Trinajstić information content (AvgIpc) is 2.60. The fourth-order valence-corrected chi connectivity index (χ4v) is 3.47. The molecular weight excluding hydrogens is 348 g/mol. The summed E-state index contributed by atoms with van der Waals surface area (Å²) in [6.07, 6.45) is 0. The number of anilines is 1. The molecule has 0 N–H and O–H groups in total. The first-order chi connectivity index (χ1) is 11.7. The quantitative estimate of drug-likeness (QED) is 0.576. The predicted octanol–water partition coefficient (Wildman–Crippen LogP) is 2.75. The number of methoxy groups -OCH3 is 2. The molecule has 0 saturated heterocycles. The summed E-state index contributed by atoms with van der Waals surface area (Å²) < 4.78 is 36.9. The Kier molecular flexibility index (Phi) is 5.17. The zero-order valence-corrected chi connectivity index (χ0v) is 15.0. The molecule has 0 unspecified atom stereocenters. The first kappa shape index (κ1) is 18.5. The van der Waals surface area contributed by atoms with Gasteiger partial charge in [-0.05, 0) is 25.1 Å². The Labute approximate surface area is 145 Å². The second-order valence-electron chi connectivity index (χ2n) is 5.22. The molecule has 2 rings (SSSR count). The van der Waals surface area contributed by atoms with E-state index >= 15 is 0 Å². The maximum Gasteiger partial charge on any atom is 0.273 e. The van der Waals surface area contributed by atoms with E-state index in [9.17, 15) is 18.5 Å². The topological polar surface area (TPSA) is 99.0 Å². The summed E-state index contributed by atoms with van der Waals surface area (Å²) in [6.45, 7) is 1.55. The first-order valence-corrected chi connectivity index (χ1v) is 8.62. The molecule has 0 aromatic heterocycles. The van der Waals surface area contributed by atoms with Crippen molar-refractivity contribution in [1.29, 1.82) is 0 Å². The Morgan fingerprint density at radius 1 is 1.04 bits per heavy atom. The van der Waals surface area contributed by atoms with E-state index in [2.05, 4.69) is 0 Å². The minimum absolute atomic E-state index is 0.165. The fourth-order valence-electron chi connectivity index (χ4n) is 2.26. The second kappa shape index (κ2) is 6.98. The molecule has 2 aromatic carbocycles. The van der Waals surface area contributed by atoms with Crippen molar-refractivity contribution in [1.82, 2.24) is 0 Å². The molecule has 25 heavy (non-hydrogen) atoms. The number of nitro benzene ring substituents is 1. The molecule has 0 radical (unpaired) electrons. The third-order valence-corrected chi connectivity index (χ3v) is 5.55. The lowest BCUT2D eigenvalue weighted by atomic mass is 10.2. The third-order valence-electron chi connectivity index (χ3n) is 3.77. The van der Waals surface area contributed by atoms with Gasteiger partial charge < -0.3 is 9.47 Å². The number of nitrogens with zero attached hydrogens (tertiary/aromatic N) is 2. The van der Waals surface area contributed by atoms with Crippen molar-refractivity contribution in [3.05, 3.63) is 52.1 Å². The molecule has 134 valence electrons. The van der Waals surface area contributed by atoms with E-state index in [4.69, 9.17) is 9.47 Å². The Hall–Kier alpha value is -2.81. The van der Waals surface area contributed by atoms with Crippen LogP contribution < -0.4 is 13.8 Å². The minimum atomic E-state index is -3.98. The van der Waals surface area contributed by atoms with Gasteiger partial charge in [0, 0.05) is 24.7 Å². The van der Waals surface area contributed by atoms with Crippen LogP contribution in [0.2, 0.25) is 0 Å². The molecule has 0 fully saturated rings. The van der Waals surface area contributed by atoms with E-state index in [1.165, 1.54) is 39.5 Å². The van der Waals surface area contributed by atoms with Crippen LogP contribution in [0.4, 0.5) is 11.4 Å². The lowest BCUT2D eigenvalue weighted by Crippen LogP contribution is -2.26. The molecule has 0 saturated carbocycles. The minimum Gasteiger partial charge on any atom is -0.493 e. The highest BCUT2D eigenvalue weighted by Crippen LogP contribution is 2.33. The Bertz CT molecular complexity index is 911. The number of sulfonamides is 1. The van der Waals surface area contributed by atoms with E-state index in [0.717, 1.165) is 10.4 Å². The van der Waals surface area contributed by atoms with Crippen LogP contribution >= 0.6 is 0 Å². The standard InChI is InChI=1S/C16H18N2O6S/c1-11-5-7-13(10-14(11)18(19)20)25(21,22)17(2)12-6-8-15(23-3)16(9-12)24-4/h5-10H,1-4H3. The van der Waals surface area contributed by atoms with Gasteiger partial charge in [0.05, 0.1) is 29.7 Å². The van der Waals surface area contributed by atoms with Crippen molar-refractivity contribution < 1.29 is 22.8 Å². The summed E-state index contributed by atoms with van der Waals surface area (Å²) >= 11 is 0. The van der Waals surface area contributed by atoms with E-state index in [-0.39, 0.29) is 10.6 Å². The summed E-state index contributed by atoms with van der Waals surface area (Å²) in [6, 6.07) is 8.46. The van der Waals surface area contributed by atoms with Crippen molar-refractivity contribution >= 4 is 21.4 Å². The number of ether oxygens (including phenoxy) is 2. The number of rotatable bonds is 6. The van der Waals surface area contributed by atoms with Gasteiger partial charge >= 0.3 is 0 Å². The van der Waals surface area contributed by atoms with Gasteiger partial charge in [-0.2, -0.15) is 0 Å². The fraction of sp³-hybridized carbons (Fsp3) is 0.250. The zero-order valence-electron chi connectivity index (χ0n) is 14.2. The predicted molar refractivity (Wildman–Crippen MR) is 93.0 cm³/mol. The van der Waals surface area contributed by atoms with Crippen molar-refractivity contribution in [2.24, 2.45) is 0 Å². The van der Waals surface area contributed by atoms with Gasteiger partial charge in [-0.1, -0.05) is 6.07 Å². The smallest absolute Gasteiger partial charge is 0.273 e. The van der Waals surface area contributed by atoms with Crippen molar-refractivity contribution in [2.45, 2.75) is 11.8 Å². The highest BCUT2D eigenvalue weighted by Gasteiger charge is 2.25. The number of benzene rings is 2.